The van der Waals surface area contributed by atoms with Gasteiger partial charge in [0.05, 0.1) is 13.2 Å². The van der Waals surface area contributed by atoms with E-state index in [-0.39, 0.29) is 11.8 Å². The molecule has 0 fully saturated rings. The molecule has 0 aromatic carbocycles. The van der Waals surface area contributed by atoms with E-state index < -0.39 is 0 Å². The van der Waals surface area contributed by atoms with E-state index in [0.717, 1.165) is 23.3 Å². The first-order valence-corrected chi connectivity index (χ1v) is 6.55. The predicted molar refractivity (Wildman–Crippen MR) is 78.1 cm³/mol. The van der Waals surface area contributed by atoms with Gasteiger partial charge in [-0.3, -0.25) is 0 Å². The van der Waals surface area contributed by atoms with Gasteiger partial charge in [-0.2, -0.15) is 5.26 Å². The number of hydrogen-bond donors (Lipinski definition) is 0. The monoisotopic (exact) mass is 255 g/mol. The van der Waals surface area contributed by atoms with E-state index in [1.807, 2.05) is 25.2 Å². The van der Waals surface area contributed by atoms with Gasteiger partial charge in [0, 0.05) is 17.4 Å². The molecule has 0 saturated heterocycles. The minimum atomic E-state index is 0.255. The van der Waals surface area contributed by atoms with Gasteiger partial charge in [-0.05, 0) is 42.7 Å². The minimum absolute atomic E-state index is 0.255. The van der Waals surface area contributed by atoms with Crippen LogP contribution in [0.25, 0.3) is 0 Å². The molecule has 0 saturated carbocycles. The standard InChI is InChI=1S/C17H21NO/c1-6-9-13(10-14(7-2)19-5)17-12(4)16(11-18)15(17)8-3/h7,9-10,12,17H,1,8H2,2-5H3. The van der Waals surface area contributed by atoms with Crippen molar-refractivity contribution in [3.63, 3.8) is 0 Å². The molecule has 100 valence electrons. The lowest BCUT2D eigenvalue weighted by molar-refractivity contribution is 0.304. The van der Waals surface area contributed by atoms with Crippen LogP contribution in [0.2, 0.25) is 0 Å². The average molecular weight is 255 g/mol. The van der Waals surface area contributed by atoms with E-state index in [4.69, 9.17) is 10.00 Å². The second kappa shape index (κ2) is 6.83. The van der Waals surface area contributed by atoms with E-state index in [1.54, 1.807) is 7.11 Å². The fourth-order valence-electron chi connectivity index (χ4n) is 2.67. The zero-order chi connectivity index (χ0) is 14.4. The Morgan fingerprint density at radius 1 is 1.53 bits per heavy atom. The molecule has 0 heterocycles. The van der Waals surface area contributed by atoms with Crippen LogP contribution in [-0.4, -0.2) is 7.11 Å². The maximum Gasteiger partial charge on any atom is 0.114 e. The van der Waals surface area contributed by atoms with Gasteiger partial charge in [0.1, 0.15) is 5.76 Å². The lowest BCUT2D eigenvalue weighted by Crippen LogP contribution is -2.29. The van der Waals surface area contributed by atoms with Gasteiger partial charge in [0.2, 0.25) is 0 Å². The van der Waals surface area contributed by atoms with Crippen molar-refractivity contribution in [2.75, 3.05) is 7.11 Å². The number of nitrogens with zero attached hydrogens (tertiary/aromatic N) is 1. The van der Waals surface area contributed by atoms with Crippen LogP contribution in [0.3, 0.4) is 0 Å². The number of methoxy groups -OCH3 is 1. The molecule has 2 atom stereocenters. The molecule has 0 aromatic heterocycles. The molecule has 0 radical (unpaired) electrons. The molecule has 1 aliphatic rings. The highest BCUT2D eigenvalue weighted by Crippen LogP contribution is 2.46. The molecule has 19 heavy (non-hydrogen) atoms. The zero-order valence-corrected chi connectivity index (χ0v) is 12.2. The van der Waals surface area contributed by atoms with E-state index in [0.29, 0.717) is 0 Å². The molecule has 0 aliphatic heterocycles. The first kappa shape index (κ1) is 15.1. The Labute approximate surface area is 116 Å². The number of hydrogen-bond acceptors (Lipinski definition) is 2. The molecule has 0 amide bonds. The summed E-state index contributed by atoms with van der Waals surface area (Å²) in [5, 5.41) is 9.16. The first-order chi connectivity index (χ1) is 9.14. The molecule has 0 N–H and O–H groups in total. The van der Waals surface area contributed by atoms with Crippen LogP contribution in [0.4, 0.5) is 0 Å². The molecule has 1 aliphatic carbocycles. The van der Waals surface area contributed by atoms with Crippen molar-refractivity contribution in [2.24, 2.45) is 11.8 Å². The fourth-order valence-corrected chi connectivity index (χ4v) is 2.67. The van der Waals surface area contributed by atoms with Gasteiger partial charge in [-0.15, -0.1) is 5.73 Å². The van der Waals surface area contributed by atoms with Gasteiger partial charge >= 0.3 is 0 Å². The lowest BCUT2D eigenvalue weighted by Gasteiger charge is -2.37. The van der Waals surface area contributed by atoms with Crippen molar-refractivity contribution in [1.29, 1.82) is 5.26 Å². The van der Waals surface area contributed by atoms with E-state index in [9.17, 15) is 0 Å². The summed E-state index contributed by atoms with van der Waals surface area (Å²) in [5.41, 5.74) is 6.09. The summed E-state index contributed by atoms with van der Waals surface area (Å²) in [4.78, 5) is 0. The largest absolute Gasteiger partial charge is 0.497 e. The highest BCUT2D eigenvalue weighted by atomic mass is 16.5. The quantitative estimate of drug-likeness (QED) is 0.417. The van der Waals surface area contributed by atoms with Crippen molar-refractivity contribution in [3.05, 3.63) is 53.0 Å². The summed E-state index contributed by atoms with van der Waals surface area (Å²) in [5.74, 6) is 1.35. The van der Waals surface area contributed by atoms with E-state index in [2.05, 4.69) is 32.2 Å². The zero-order valence-electron chi connectivity index (χ0n) is 12.2. The fraction of sp³-hybridized carbons (Fsp3) is 0.412. The van der Waals surface area contributed by atoms with Gasteiger partial charge in [0.25, 0.3) is 0 Å². The lowest BCUT2D eigenvalue weighted by atomic mass is 9.65. The SMILES string of the molecule is C=C=CC(=CC(=CC)OC)C1C(CC)=C(C#N)C1C. The van der Waals surface area contributed by atoms with E-state index in [1.165, 1.54) is 5.57 Å². The summed E-state index contributed by atoms with van der Waals surface area (Å²) in [6.45, 7) is 9.77. The van der Waals surface area contributed by atoms with Gasteiger partial charge in [0.15, 0.2) is 0 Å². The van der Waals surface area contributed by atoms with Gasteiger partial charge in [-0.25, -0.2) is 0 Å². The molecule has 0 spiro atoms. The summed E-state index contributed by atoms with van der Waals surface area (Å²) < 4.78 is 5.29. The van der Waals surface area contributed by atoms with Crippen molar-refractivity contribution in [1.82, 2.24) is 0 Å². The maximum absolute atomic E-state index is 9.16. The van der Waals surface area contributed by atoms with Crippen molar-refractivity contribution in [3.8, 4) is 6.07 Å². The van der Waals surface area contributed by atoms with Crippen LogP contribution in [-0.2, 0) is 4.74 Å². The molecule has 2 heteroatoms. The van der Waals surface area contributed by atoms with Crippen LogP contribution in [0.1, 0.15) is 27.2 Å². The molecular weight excluding hydrogens is 234 g/mol. The molecular formula is C17H21NO. The summed E-state index contributed by atoms with van der Waals surface area (Å²) in [6.07, 6.45) is 6.70. The molecule has 0 bridgehead atoms. The van der Waals surface area contributed by atoms with Crippen LogP contribution in [0.15, 0.2) is 53.0 Å². The van der Waals surface area contributed by atoms with Crippen LogP contribution in [0.5, 0.6) is 0 Å². The second-order valence-electron chi connectivity index (χ2n) is 4.56. The molecule has 2 nitrogen and oxygen atoms in total. The van der Waals surface area contributed by atoms with Crippen molar-refractivity contribution < 1.29 is 4.74 Å². The maximum atomic E-state index is 9.16. The minimum Gasteiger partial charge on any atom is -0.497 e. The summed E-state index contributed by atoms with van der Waals surface area (Å²) in [7, 11) is 1.66. The Balaban J connectivity index is 3.21. The van der Waals surface area contributed by atoms with Gasteiger partial charge < -0.3 is 4.74 Å². The highest BCUT2D eigenvalue weighted by molar-refractivity contribution is 5.49. The Hall–Kier alpha value is -1.97. The third-order valence-corrected chi connectivity index (χ3v) is 3.64. The van der Waals surface area contributed by atoms with Crippen LogP contribution in [0, 0.1) is 23.2 Å². The summed E-state index contributed by atoms with van der Waals surface area (Å²) in [6, 6.07) is 2.32. The number of rotatable bonds is 5. The van der Waals surface area contributed by atoms with Crippen LogP contribution >= 0.6 is 0 Å². The topological polar surface area (TPSA) is 33.0 Å². The number of allylic oxidation sites excluding steroid dienone is 6. The Kier molecular flexibility index (Phi) is 5.42. The Morgan fingerprint density at radius 2 is 2.21 bits per heavy atom. The summed E-state index contributed by atoms with van der Waals surface area (Å²) >= 11 is 0. The number of ether oxygens (including phenoxy) is 1. The van der Waals surface area contributed by atoms with Crippen molar-refractivity contribution >= 4 is 0 Å². The average Bonchev–Trinajstić information content (AvgIpc) is 2.42. The highest BCUT2D eigenvalue weighted by Gasteiger charge is 2.37. The number of nitriles is 1. The Morgan fingerprint density at radius 3 is 2.63 bits per heavy atom. The van der Waals surface area contributed by atoms with Gasteiger partial charge in [-0.1, -0.05) is 20.4 Å². The van der Waals surface area contributed by atoms with Crippen molar-refractivity contribution in [2.45, 2.75) is 27.2 Å². The third kappa shape index (κ3) is 2.89. The molecule has 0 aromatic rings. The predicted octanol–water partition coefficient (Wildman–Crippen LogP) is 4.30. The first-order valence-electron chi connectivity index (χ1n) is 6.55. The second-order valence-corrected chi connectivity index (χ2v) is 4.56. The third-order valence-electron chi connectivity index (χ3n) is 3.64. The normalized spacial score (nSPS) is 23.3. The van der Waals surface area contributed by atoms with E-state index >= 15 is 0 Å². The smallest absolute Gasteiger partial charge is 0.114 e. The molecule has 1 rings (SSSR count). The van der Waals surface area contributed by atoms with Crippen LogP contribution < -0.4 is 0 Å². The molecule has 2 unspecified atom stereocenters. The Bertz CT molecular complexity index is 522.